The second-order valence-corrected chi connectivity index (χ2v) is 7.33. The number of nitrogens with zero attached hydrogens (tertiary/aromatic N) is 2. The van der Waals surface area contributed by atoms with E-state index in [0.717, 1.165) is 5.69 Å². The first-order chi connectivity index (χ1) is 9.93. The molecule has 1 saturated heterocycles. The maximum atomic E-state index is 11.9. The standard InChI is InChI=1S/C14H19N3O3S/c1-3-5-16-14(18)11-7-13(9-15-8-11)17(2)12-4-6-21(19,20)10-12/h3,7-9,12H,1,4-6,10H2,2H3,(H,16,18). The highest BCUT2D eigenvalue weighted by Crippen LogP contribution is 2.22. The summed E-state index contributed by atoms with van der Waals surface area (Å²) in [4.78, 5) is 17.8. The van der Waals surface area contributed by atoms with Crippen LogP contribution < -0.4 is 10.2 Å². The Bertz CT molecular complexity index is 643. The maximum absolute atomic E-state index is 11.9. The molecule has 0 aliphatic carbocycles. The van der Waals surface area contributed by atoms with Gasteiger partial charge in [0, 0.05) is 25.8 Å². The minimum absolute atomic E-state index is 0.0664. The highest BCUT2D eigenvalue weighted by Gasteiger charge is 2.31. The van der Waals surface area contributed by atoms with Crippen molar-refractivity contribution in [1.82, 2.24) is 10.3 Å². The van der Waals surface area contributed by atoms with Gasteiger partial charge in [-0.05, 0) is 12.5 Å². The van der Waals surface area contributed by atoms with Crippen LogP contribution in [0.1, 0.15) is 16.8 Å². The second kappa shape index (κ2) is 6.26. The predicted molar refractivity (Wildman–Crippen MR) is 82.2 cm³/mol. The summed E-state index contributed by atoms with van der Waals surface area (Å²) in [6.07, 6.45) is 5.33. The molecule has 2 rings (SSSR count). The lowest BCUT2D eigenvalue weighted by molar-refractivity contribution is 0.0957. The van der Waals surface area contributed by atoms with Gasteiger partial charge in [-0.1, -0.05) is 6.08 Å². The summed E-state index contributed by atoms with van der Waals surface area (Å²) in [6.45, 7) is 3.93. The van der Waals surface area contributed by atoms with Gasteiger partial charge in [0.15, 0.2) is 9.84 Å². The zero-order valence-corrected chi connectivity index (χ0v) is 12.8. The van der Waals surface area contributed by atoms with Crippen molar-refractivity contribution in [2.75, 3.05) is 30.0 Å². The minimum atomic E-state index is -2.94. The maximum Gasteiger partial charge on any atom is 0.253 e. The number of hydrogen-bond donors (Lipinski definition) is 1. The van der Waals surface area contributed by atoms with Gasteiger partial charge in [0.05, 0.1) is 29.0 Å². The molecule has 1 fully saturated rings. The van der Waals surface area contributed by atoms with Crippen LogP contribution in [0.5, 0.6) is 0 Å². The molecular formula is C14H19N3O3S. The third kappa shape index (κ3) is 3.81. The van der Waals surface area contributed by atoms with Crippen LogP contribution in [0, 0.1) is 0 Å². The van der Waals surface area contributed by atoms with Crippen LogP contribution in [0.25, 0.3) is 0 Å². The molecule has 0 radical (unpaired) electrons. The lowest BCUT2D eigenvalue weighted by Gasteiger charge is -2.25. The van der Waals surface area contributed by atoms with Gasteiger partial charge in [0.1, 0.15) is 0 Å². The molecule has 1 unspecified atom stereocenters. The fraction of sp³-hybridized carbons (Fsp3) is 0.429. The van der Waals surface area contributed by atoms with Crippen molar-refractivity contribution in [2.24, 2.45) is 0 Å². The van der Waals surface area contributed by atoms with Gasteiger partial charge in [-0.15, -0.1) is 6.58 Å². The van der Waals surface area contributed by atoms with Crippen molar-refractivity contribution < 1.29 is 13.2 Å². The normalized spacial score (nSPS) is 20.0. The van der Waals surface area contributed by atoms with Crippen LogP contribution in [0.2, 0.25) is 0 Å². The van der Waals surface area contributed by atoms with E-state index in [-0.39, 0.29) is 23.5 Å². The van der Waals surface area contributed by atoms with Gasteiger partial charge < -0.3 is 10.2 Å². The summed E-state index contributed by atoms with van der Waals surface area (Å²) in [5.41, 5.74) is 1.19. The molecule has 1 amide bonds. The van der Waals surface area contributed by atoms with Crippen LogP contribution in [0.3, 0.4) is 0 Å². The first-order valence-electron chi connectivity index (χ1n) is 6.70. The van der Waals surface area contributed by atoms with Crippen LogP contribution in [0.15, 0.2) is 31.1 Å². The predicted octanol–water partition coefficient (Wildman–Crippen LogP) is 0.621. The number of anilines is 1. The molecule has 0 bridgehead atoms. The molecule has 114 valence electrons. The number of pyridine rings is 1. The van der Waals surface area contributed by atoms with E-state index >= 15 is 0 Å². The first-order valence-corrected chi connectivity index (χ1v) is 8.52. The molecule has 0 spiro atoms. The Labute approximate surface area is 124 Å². The number of nitrogens with one attached hydrogen (secondary N) is 1. The summed E-state index contributed by atoms with van der Waals surface area (Å²) in [6, 6.07) is 1.65. The Kier molecular flexibility index (Phi) is 4.62. The molecule has 1 N–H and O–H groups in total. The molecule has 1 aliphatic heterocycles. The Morgan fingerprint density at radius 1 is 1.57 bits per heavy atom. The molecular weight excluding hydrogens is 290 g/mol. The lowest BCUT2D eigenvalue weighted by Crippen LogP contribution is -2.33. The molecule has 6 nitrogen and oxygen atoms in total. The van der Waals surface area contributed by atoms with Crippen molar-refractivity contribution in [3.8, 4) is 0 Å². The summed E-state index contributed by atoms with van der Waals surface area (Å²) >= 11 is 0. The van der Waals surface area contributed by atoms with E-state index in [4.69, 9.17) is 0 Å². The fourth-order valence-corrected chi connectivity index (χ4v) is 4.08. The van der Waals surface area contributed by atoms with Gasteiger partial charge in [0.25, 0.3) is 5.91 Å². The topological polar surface area (TPSA) is 79.4 Å². The fourth-order valence-electron chi connectivity index (χ4n) is 2.30. The van der Waals surface area contributed by atoms with Gasteiger partial charge in [-0.2, -0.15) is 0 Å². The van der Waals surface area contributed by atoms with Crippen molar-refractivity contribution >= 4 is 21.4 Å². The van der Waals surface area contributed by atoms with E-state index < -0.39 is 9.84 Å². The van der Waals surface area contributed by atoms with Gasteiger partial charge >= 0.3 is 0 Å². The average molecular weight is 309 g/mol. The number of amides is 1. The van der Waals surface area contributed by atoms with E-state index in [0.29, 0.717) is 18.5 Å². The number of sulfone groups is 1. The Balaban J connectivity index is 2.13. The Morgan fingerprint density at radius 3 is 2.95 bits per heavy atom. The first kappa shape index (κ1) is 15.5. The summed E-state index contributed by atoms with van der Waals surface area (Å²) in [5, 5.41) is 2.69. The summed E-state index contributed by atoms with van der Waals surface area (Å²) in [7, 11) is -1.11. The molecule has 21 heavy (non-hydrogen) atoms. The van der Waals surface area contributed by atoms with Gasteiger partial charge in [0.2, 0.25) is 0 Å². The van der Waals surface area contributed by atoms with E-state index in [1.165, 1.54) is 6.20 Å². The van der Waals surface area contributed by atoms with E-state index in [1.54, 1.807) is 18.3 Å². The molecule has 1 aliphatic rings. The molecule has 1 atom stereocenters. The zero-order valence-electron chi connectivity index (χ0n) is 11.9. The quantitative estimate of drug-likeness (QED) is 0.807. The average Bonchev–Trinajstić information content (AvgIpc) is 2.84. The summed E-state index contributed by atoms with van der Waals surface area (Å²) < 4.78 is 23.1. The van der Waals surface area contributed by atoms with Crippen molar-refractivity contribution in [3.05, 3.63) is 36.7 Å². The number of hydrogen-bond acceptors (Lipinski definition) is 5. The molecule has 7 heteroatoms. The van der Waals surface area contributed by atoms with Crippen molar-refractivity contribution in [3.63, 3.8) is 0 Å². The molecule has 0 saturated carbocycles. The van der Waals surface area contributed by atoms with Crippen LogP contribution in [0.4, 0.5) is 5.69 Å². The molecule has 2 heterocycles. The third-order valence-electron chi connectivity index (χ3n) is 3.56. The van der Waals surface area contributed by atoms with Gasteiger partial charge in [-0.25, -0.2) is 8.42 Å². The van der Waals surface area contributed by atoms with Crippen molar-refractivity contribution in [2.45, 2.75) is 12.5 Å². The Morgan fingerprint density at radius 2 is 2.33 bits per heavy atom. The van der Waals surface area contributed by atoms with Crippen LogP contribution in [-0.2, 0) is 9.84 Å². The third-order valence-corrected chi connectivity index (χ3v) is 5.31. The van der Waals surface area contributed by atoms with E-state index in [2.05, 4.69) is 16.9 Å². The number of rotatable bonds is 5. The van der Waals surface area contributed by atoms with Gasteiger partial charge in [-0.3, -0.25) is 9.78 Å². The SMILES string of the molecule is C=CCNC(=O)c1cncc(N(C)C2CCS(=O)(=O)C2)c1. The molecule has 1 aromatic heterocycles. The van der Waals surface area contributed by atoms with Crippen LogP contribution >= 0.6 is 0 Å². The zero-order chi connectivity index (χ0) is 15.5. The monoisotopic (exact) mass is 309 g/mol. The number of carbonyl (C=O) groups excluding carboxylic acids is 1. The largest absolute Gasteiger partial charge is 0.369 e. The van der Waals surface area contributed by atoms with Crippen LogP contribution in [-0.4, -0.2) is 50.4 Å². The number of carbonyl (C=O) groups is 1. The highest BCUT2D eigenvalue weighted by molar-refractivity contribution is 7.91. The lowest BCUT2D eigenvalue weighted by atomic mass is 10.2. The van der Waals surface area contributed by atoms with E-state index in [1.807, 2.05) is 11.9 Å². The molecule has 0 aromatic carbocycles. The smallest absolute Gasteiger partial charge is 0.253 e. The Hall–Kier alpha value is -1.89. The molecule has 1 aromatic rings. The highest BCUT2D eigenvalue weighted by atomic mass is 32.2. The summed E-state index contributed by atoms with van der Waals surface area (Å²) in [5.74, 6) is 0.141. The number of aromatic nitrogens is 1. The van der Waals surface area contributed by atoms with E-state index in [9.17, 15) is 13.2 Å². The minimum Gasteiger partial charge on any atom is -0.369 e. The second-order valence-electron chi connectivity index (χ2n) is 5.10. The van der Waals surface area contributed by atoms with Crippen molar-refractivity contribution in [1.29, 1.82) is 0 Å².